The fourth-order valence-corrected chi connectivity index (χ4v) is 5.40. The Hall–Kier alpha value is -5.28. The molecule has 0 aliphatic carbocycles. The number of hydrogen-bond acceptors (Lipinski definition) is 2. The van der Waals surface area contributed by atoms with Gasteiger partial charge in [0.05, 0.1) is 11.4 Å². The third kappa shape index (κ3) is 4.01. The third-order valence-corrected chi connectivity index (χ3v) is 7.10. The number of rotatable bonds is 5. The first kappa shape index (κ1) is 22.9. The molecule has 39 heavy (non-hydrogen) atoms. The summed E-state index contributed by atoms with van der Waals surface area (Å²) in [4.78, 5) is 0. The molecule has 0 radical (unpaired) electrons. The molecule has 2 aromatic heterocycles. The maximum atomic E-state index is 4.92. The van der Waals surface area contributed by atoms with E-state index in [1.807, 2.05) is 12.1 Å². The molecule has 0 aliphatic heterocycles. The van der Waals surface area contributed by atoms with Crippen molar-refractivity contribution < 1.29 is 0 Å². The number of fused-ring (bicyclic) bond motifs is 1. The van der Waals surface area contributed by atoms with Crippen molar-refractivity contribution in [3.05, 3.63) is 152 Å². The first-order valence-electron chi connectivity index (χ1n) is 13.1. The highest BCUT2D eigenvalue weighted by molar-refractivity contribution is 6.16. The van der Waals surface area contributed by atoms with Crippen molar-refractivity contribution in [3.63, 3.8) is 0 Å². The first-order valence-corrected chi connectivity index (χ1v) is 13.1. The van der Waals surface area contributed by atoms with Crippen LogP contribution >= 0.6 is 0 Å². The highest BCUT2D eigenvalue weighted by atomic mass is 15.1. The van der Waals surface area contributed by atoms with Gasteiger partial charge >= 0.3 is 0 Å². The largest absolute Gasteiger partial charge is 0.308 e. The van der Waals surface area contributed by atoms with Gasteiger partial charge in [-0.15, -0.1) is 10.2 Å². The van der Waals surface area contributed by atoms with Crippen molar-refractivity contribution >= 4 is 10.8 Å². The Morgan fingerprint density at radius 1 is 0.333 bits per heavy atom. The molecule has 0 amide bonds. The SMILES string of the molecule is c1ccc(-c2nnc(-c3ccccc3)c3c(-c4ccccc4)n(-c4ccccc4)c(-c4ccccc4)c23)cc1. The fraction of sp³-hybridized carbons (Fsp3) is 0. The molecule has 0 spiro atoms. The molecule has 3 heteroatoms. The Labute approximate surface area is 227 Å². The van der Waals surface area contributed by atoms with Gasteiger partial charge in [0, 0.05) is 27.6 Å². The summed E-state index contributed by atoms with van der Waals surface area (Å²) in [6, 6.07) is 52.6. The number of aromatic nitrogens is 3. The molecule has 0 fully saturated rings. The van der Waals surface area contributed by atoms with Crippen LogP contribution in [0.3, 0.4) is 0 Å². The average molecular weight is 500 g/mol. The van der Waals surface area contributed by atoms with Crippen LogP contribution in [-0.2, 0) is 0 Å². The van der Waals surface area contributed by atoms with Crippen LogP contribution in [0.1, 0.15) is 0 Å². The van der Waals surface area contributed by atoms with Crippen molar-refractivity contribution in [1.29, 1.82) is 0 Å². The molecule has 0 unspecified atom stereocenters. The second-order valence-electron chi connectivity index (χ2n) is 9.48. The summed E-state index contributed by atoms with van der Waals surface area (Å²) in [5.74, 6) is 0. The quantitative estimate of drug-likeness (QED) is 0.236. The molecule has 5 aromatic carbocycles. The maximum Gasteiger partial charge on any atom is 0.103 e. The molecular weight excluding hydrogens is 474 g/mol. The van der Waals surface area contributed by atoms with E-state index < -0.39 is 0 Å². The van der Waals surface area contributed by atoms with Crippen LogP contribution in [0.4, 0.5) is 0 Å². The van der Waals surface area contributed by atoms with Gasteiger partial charge in [0.2, 0.25) is 0 Å². The van der Waals surface area contributed by atoms with Crippen LogP contribution in [0.5, 0.6) is 0 Å². The zero-order valence-corrected chi connectivity index (χ0v) is 21.3. The van der Waals surface area contributed by atoms with E-state index in [-0.39, 0.29) is 0 Å². The Kier molecular flexibility index (Phi) is 5.80. The minimum atomic E-state index is 0.871. The number of para-hydroxylation sites is 1. The van der Waals surface area contributed by atoms with Gasteiger partial charge in [-0.3, -0.25) is 0 Å². The summed E-state index contributed by atoms with van der Waals surface area (Å²) in [6.07, 6.45) is 0. The van der Waals surface area contributed by atoms with E-state index in [4.69, 9.17) is 10.2 Å². The van der Waals surface area contributed by atoms with Gasteiger partial charge in [-0.05, 0) is 23.3 Å². The van der Waals surface area contributed by atoms with E-state index in [0.29, 0.717) is 0 Å². The predicted octanol–water partition coefficient (Wildman–Crippen LogP) is 9.09. The van der Waals surface area contributed by atoms with Gasteiger partial charge < -0.3 is 4.57 Å². The van der Waals surface area contributed by atoms with Crippen molar-refractivity contribution in [2.24, 2.45) is 0 Å². The smallest absolute Gasteiger partial charge is 0.103 e. The van der Waals surface area contributed by atoms with Crippen molar-refractivity contribution in [1.82, 2.24) is 14.8 Å². The zero-order chi connectivity index (χ0) is 26.0. The zero-order valence-electron chi connectivity index (χ0n) is 21.3. The standard InChI is InChI=1S/C36H25N3/c1-6-16-26(17-7-1)33-31-32(34(38-37-33)27-18-8-2-9-19-27)36(29-22-12-4-13-23-29)39(30-24-14-5-15-25-30)35(31)28-20-10-3-11-21-28/h1-25H. The summed E-state index contributed by atoms with van der Waals surface area (Å²) in [5, 5.41) is 12.0. The van der Waals surface area contributed by atoms with Crippen molar-refractivity contribution in [3.8, 4) is 50.7 Å². The number of benzene rings is 5. The lowest BCUT2D eigenvalue weighted by Gasteiger charge is -2.15. The van der Waals surface area contributed by atoms with E-state index in [1.54, 1.807) is 0 Å². The van der Waals surface area contributed by atoms with E-state index in [9.17, 15) is 0 Å². The van der Waals surface area contributed by atoms with Gasteiger partial charge in [-0.25, -0.2) is 0 Å². The van der Waals surface area contributed by atoms with Crippen LogP contribution in [-0.4, -0.2) is 14.8 Å². The summed E-state index contributed by atoms with van der Waals surface area (Å²) >= 11 is 0. The van der Waals surface area contributed by atoms with Crippen molar-refractivity contribution in [2.75, 3.05) is 0 Å². The van der Waals surface area contributed by atoms with E-state index >= 15 is 0 Å². The highest BCUT2D eigenvalue weighted by Crippen LogP contribution is 2.47. The third-order valence-electron chi connectivity index (χ3n) is 7.10. The van der Waals surface area contributed by atoms with Crippen LogP contribution in [0.25, 0.3) is 61.5 Å². The van der Waals surface area contributed by atoms with E-state index in [2.05, 4.69) is 144 Å². The highest BCUT2D eigenvalue weighted by Gasteiger charge is 2.27. The molecule has 0 N–H and O–H groups in total. The molecule has 0 saturated carbocycles. The summed E-state index contributed by atoms with van der Waals surface area (Å²) < 4.78 is 2.39. The van der Waals surface area contributed by atoms with Crippen LogP contribution in [0.15, 0.2) is 152 Å². The van der Waals surface area contributed by atoms with Crippen LogP contribution in [0.2, 0.25) is 0 Å². The maximum absolute atomic E-state index is 4.92. The fourth-order valence-electron chi connectivity index (χ4n) is 5.40. The molecule has 7 rings (SSSR count). The monoisotopic (exact) mass is 499 g/mol. The molecular formula is C36H25N3. The van der Waals surface area contributed by atoms with E-state index in [1.165, 1.54) is 0 Å². The lowest BCUT2D eigenvalue weighted by molar-refractivity contribution is 1.06. The molecule has 0 saturated heterocycles. The number of nitrogens with zero attached hydrogens (tertiary/aromatic N) is 3. The van der Waals surface area contributed by atoms with Gasteiger partial charge in [0.15, 0.2) is 0 Å². The summed E-state index contributed by atoms with van der Waals surface area (Å²) in [6.45, 7) is 0. The van der Waals surface area contributed by atoms with Gasteiger partial charge in [-0.1, -0.05) is 140 Å². The molecule has 2 heterocycles. The van der Waals surface area contributed by atoms with Crippen LogP contribution < -0.4 is 0 Å². The van der Waals surface area contributed by atoms with Gasteiger partial charge in [0.1, 0.15) is 11.4 Å². The Bertz CT molecular complexity index is 1740. The summed E-state index contributed by atoms with van der Waals surface area (Å²) in [5.41, 5.74) is 9.35. The normalized spacial score (nSPS) is 11.1. The molecule has 0 atom stereocenters. The lowest BCUT2D eigenvalue weighted by atomic mass is 9.97. The number of hydrogen-bond donors (Lipinski definition) is 0. The minimum absolute atomic E-state index is 0.871. The summed E-state index contributed by atoms with van der Waals surface area (Å²) in [7, 11) is 0. The lowest BCUT2D eigenvalue weighted by Crippen LogP contribution is -1.99. The Morgan fingerprint density at radius 2 is 0.641 bits per heavy atom. The Morgan fingerprint density at radius 3 is 1.00 bits per heavy atom. The first-order chi connectivity index (χ1) is 19.4. The predicted molar refractivity (Wildman–Crippen MR) is 161 cm³/mol. The minimum Gasteiger partial charge on any atom is -0.308 e. The van der Waals surface area contributed by atoms with Gasteiger partial charge in [0.25, 0.3) is 0 Å². The van der Waals surface area contributed by atoms with Crippen LogP contribution in [0, 0.1) is 0 Å². The second kappa shape index (κ2) is 9.88. The molecule has 3 nitrogen and oxygen atoms in total. The average Bonchev–Trinajstić information content (AvgIpc) is 3.39. The topological polar surface area (TPSA) is 30.7 Å². The molecule has 184 valence electrons. The molecule has 7 aromatic rings. The second-order valence-corrected chi connectivity index (χ2v) is 9.48. The molecule has 0 bridgehead atoms. The van der Waals surface area contributed by atoms with Gasteiger partial charge in [-0.2, -0.15) is 0 Å². The Balaban J connectivity index is 1.76. The van der Waals surface area contributed by atoms with Crippen molar-refractivity contribution in [2.45, 2.75) is 0 Å². The molecule has 0 aliphatic rings. The van der Waals surface area contributed by atoms with E-state index in [0.717, 1.165) is 61.5 Å².